The molecule has 0 saturated carbocycles. The smallest absolute Gasteiger partial charge is 0.244 e. The SMILES string of the molecule is CCC(C)NC(=O)C(CC)N(Cc1ccc(F)cc1)C(=O)CN(c1cccc(Br)c1)S(C)(=O)=O. The minimum Gasteiger partial charge on any atom is -0.352 e. The van der Waals surface area contributed by atoms with Crippen molar-refractivity contribution in [3.05, 3.63) is 64.4 Å². The Bertz CT molecular complexity index is 1100. The van der Waals surface area contributed by atoms with Gasteiger partial charge in [-0.05, 0) is 55.7 Å². The first-order valence-electron chi connectivity index (χ1n) is 11.0. The van der Waals surface area contributed by atoms with Crippen LogP contribution in [0.2, 0.25) is 0 Å². The molecule has 2 aromatic rings. The molecule has 0 radical (unpaired) electrons. The second kappa shape index (κ2) is 12.3. The zero-order chi connectivity index (χ0) is 25.5. The monoisotopic (exact) mass is 555 g/mol. The Morgan fingerprint density at radius 3 is 2.26 bits per heavy atom. The third-order valence-electron chi connectivity index (χ3n) is 5.43. The van der Waals surface area contributed by atoms with E-state index in [-0.39, 0.29) is 18.5 Å². The number of hydrogen-bond acceptors (Lipinski definition) is 4. The van der Waals surface area contributed by atoms with Gasteiger partial charge in [-0.3, -0.25) is 13.9 Å². The summed E-state index contributed by atoms with van der Waals surface area (Å²) in [5, 5.41) is 2.90. The molecule has 2 atom stereocenters. The fourth-order valence-electron chi connectivity index (χ4n) is 3.39. The summed E-state index contributed by atoms with van der Waals surface area (Å²) >= 11 is 3.33. The molecule has 34 heavy (non-hydrogen) atoms. The number of carbonyl (C=O) groups is 2. The van der Waals surface area contributed by atoms with Crippen LogP contribution in [-0.2, 0) is 26.2 Å². The molecule has 2 amide bonds. The predicted molar refractivity (Wildman–Crippen MR) is 135 cm³/mol. The van der Waals surface area contributed by atoms with Crippen LogP contribution in [0.1, 0.15) is 39.2 Å². The highest BCUT2D eigenvalue weighted by molar-refractivity contribution is 9.10. The first-order valence-corrected chi connectivity index (χ1v) is 13.7. The number of rotatable bonds is 11. The van der Waals surface area contributed by atoms with Crippen LogP contribution in [0.4, 0.5) is 10.1 Å². The van der Waals surface area contributed by atoms with Gasteiger partial charge in [-0.1, -0.05) is 48.0 Å². The van der Waals surface area contributed by atoms with Crippen molar-refractivity contribution < 1.29 is 22.4 Å². The van der Waals surface area contributed by atoms with E-state index in [2.05, 4.69) is 21.2 Å². The van der Waals surface area contributed by atoms with Crippen LogP contribution in [0.3, 0.4) is 0 Å². The van der Waals surface area contributed by atoms with Gasteiger partial charge in [-0.2, -0.15) is 0 Å². The Labute approximate surface area is 209 Å². The molecule has 2 aromatic carbocycles. The second-order valence-electron chi connectivity index (χ2n) is 8.14. The molecule has 2 rings (SSSR count). The molecular formula is C24H31BrFN3O4S. The number of hydrogen-bond donors (Lipinski definition) is 1. The Kier molecular flexibility index (Phi) is 10.1. The standard InChI is InChI=1S/C24H31BrFN3O4S/c1-5-17(3)27-24(31)22(6-2)28(15-18-10-12-20(26)13-11-18)23(30)16-29(34(4,32)33)21-9-7-8-19(25)14-21/h7-14,17,22H,5-6,15-16H2,1-4H3,(H,27,31). The van der Waals surface area contributed by atoms with Gasteiger partial charge < -0.3 is 10.2 Å². The highest BCUT2D eigenvalue weighted by Crippen LogP contribution is 2.23. The highest BCUT2D eigenvalue weighted by Gasteiger charge is 2.32. The van der Waals surface area contributed by atoms with E-state index in [9.17, 15) is 22.4 Å². The molecule has 0 aromatic heterocycles. The maximum atomic E-state index is 13.5. The number of anilines is 1. The van der Waals surface area contributed by atoms with E-state index >= 15 is 0 Å². The molecule has 1 N–H and O–H groups in total. The quantitative estimate of drug-likeness (QED) is 0.452. The summed E-state index contributed by atoms with van der Waals surface area (Å²) < 4.78 is 40.2. The second-order valence-corrected chi connectivity index (χ2v) is 11.0. The summed E-state index contributed by atoms with van der Waals surface area (Å²) in [6, 6.07) is 11.3. The van der Waals surface area contributed by atoms with Gasteiger partial charge in [0.2, 0.25) is 21.8 Å². The van der Waals surface area contributed by atoms with Crippen molar-refractivity contribution in [2.75, 3.05) is 17.1 Å². The summed E-state index contributed by atoms with van der Waals surface area (Å²) in [4.78, 5) is 27.9. The zero-order valence-electron chi connectivity index (χ0n) is 19.8. The molecule has 7 nitrogen and oxygen atoms in total. The van der Waals surface area contributed by atoms with Crippen LogP contribution in [0, 0.1) is 5.82 Å². The first kappa shape index (κ1) is 27.8. The summed E-state index contributed by atoms with van der Waals surface area (Å²) in [5.41, 5.74) is 0.946. The summed E-state index contributed by atoms with van der Waals surface area (Å²) in [7, 11) is -3.80. The van der Waals surface area contributed by atoms with E-state index in [4.69, 9.17) is 0 Å². The predicted octanol–water partition coefficient (Wildman–Crippen LogP) is 4.08. The maximum Gasteiger partial charge on any atom is 0.244 e. The zero-order valence-corrected chi connectivity index (χ0v) is 22.2. The van der Waals surface area contributed by atoms with Gasteiger partial charge in [-0.15, -0.1) is 0 Å². The van der Waals surface area contributed by atoms with Crippen LogP contribution >= 0.6 is 15.9 Å². The van der Waals surface area contributed by atoms with Crippen molar-refractivity contribution in [1.82, 2.24) is 10.2 Å². The molecule has 0 aliphatic rings. The van der Waals surface area contributed by atoms with E-state index in [0.29, 0.717) is 22.1 Å². The van der Waals surface area contributed by atoms with E-state index in [1.807, 2.05) is 13.8 Å². The van der Waals surface area contributed by atoms with Crippen LogP contribution in [0.5, 0.6) is 0 Å². The van der Waals surface area contributed by atoms with Crippen molar-refractivity contribution >= 4 is 43.5 Å². The van der Waals surface area contributed by atoms with E-state index in [1.54, 1.807) is 31.2 Å². The molecule has 0 bridgehead atoms. The van der Waals surface area contributed by atoms with Gasteiger partial charge in [0.25, 0.3) is 0 Å². The lowest BCUT2D eigenvalue weighted by Crippen LogP contribution is -2.53. The van der Waals surface area contributed by atoms with Crippen molar-refractivity contribution in [3.8, 4) is 0 Å². The number of nitrogens with one attached hydrogen (secondary N) is 1. The van der Waals surface area contributed by atoms with Crippen LogP contribution in [0.15, 0.2) is 53.0 Å². The lowest BCUT2D eigenvalue weighted by molar-refractivity contribution is -0.140. The molecule has 186 valence electrons. The third-order valence-corrected chi connectivity index (χ3v) is 7.06. The summed E-state index contributed by atoms with van der Waals surface area (Å²) in [5.74, 6) is -1.28. The van der Waals surface area contributed by atoms with Crippen LogP contribution in [-0.4, -0.2) is 50.0 Å². The van der Waals surface area contributed by atoms with E-state index < -0.39 is 34.3 Å². The van der Waals surface area contributed by atoms with E-state index in [1.165, 1.54) is 29.2 Å². The molecule has 0 heterocycles. The summed E-state index contributed by atoms with van der Waals surface area (Å²) in [6.45, 7) is 5.14. The molecule has 0 aliphatic carbocycles. The van der Waals surface area contributed by atoms with Gasteiger partial charge in [0, 0.05) is 17.1 Å². The topological polar surface area (TPSA) is 86.8 Å². The van der Waals surface area contributed by atoms with Crippen LogP contribution in [0.25, 0.3) is 0 Å². The van der Waals surface area contributed by atoms with Crippen LogP contribution < -0.4 is 9.62 Å². The average Bonchev–Trinajstić information content (AvgIpc) is 2.77. The van der Waals surface area contributed by atoms with Gasteiger partial charge in [0.05, 0.1) is 11.9 Å². The van der Waals surface area contributed by atoms with Crippen molar-refractivity contribution in [2.24, 2.45) is 0 Å². The summed E-state index contributed by atoms with van der Waals surface area (Å²) in [6.07, 6.45) is 2.07. The number of halogens is 2. The highest BCUT2D eigenvalue weighted by atomic mass is 79.9. The van der Waals surface area contributed by atoms with Crippen molar-refractivity contribution in [1.29, 1.82) is 0 Å². The number of benzene rings is 2. The van der Waals surface area contributed by atoms with Crippen molar-refractivity contribution in [2.45, 2.75) is 52.2 Å². The number of nitrogens with zero attached hydrogens (tertiary/aromatic N) is 2. The van der Waals surface area contributed by atoms with Gasteiger partial charge in [0.15, 0.2) is 0 Å². The first-order chi connectivity index (χ1) is 16.0. The molecule has 0 aliphatic heterocycles. The normalized spacial score (nSPS) is 13.1. The van der Waals surface area contributed by atoms with Gasteiger partial charge in [0.1, 0.15) is 18.4 Å². The molecule has 0 fully saturated rings. The van der Waals surface area contributed by atoms with Crippen molar-refractivity contribution in [3.63, 3.8) is 0 Å². The third kappa shape index (κ3) is 7.80. The Balaban J connectivity index is 2.43. The Morgan fingerprint density at radius 1 is 1.09 bits per heavy atom. The molecule has 10 heteroatoms. The largest absolute Gasteiger partial charge is 0.352 e. The lowest BCUT2D eigenvalue weighted by atomic mass is 10.1. The fraction of sp³-hybridized carbons (Fsp3) is 0.417. The lowest BCUT2D eigenvalue weighted by Gasteiger charge is -2.33. The molecule has 0 spiro atoms. The van der Waals surface area contributed by atoms with Gasteiger partial charge in [-0.25, -0.2) is 12.8 Å². The Morgan fingerprint density at radius 2 is 1.74 bits per heavy atom. The number of amides is 2. The number of carbonyl (C=O) groups excluding carboxylic acids is 2. The minimum absolute atomic E-state index is 0.0294. The maximum absolute atomic E-state index is 13.5. The minimum atomic E-state index is -3.80. The molecular weight excluding hydrogens is 525 g/mol. The van der Waals surface area contributed by atoms with E-state index in [0.717, 1.165) is 17.0 Å². The Hall–Kier alpha value is -2.46. The fourth-order valence-corrected chi connectivity index (χ4v) is 4.62. The average molecular weight is 556 g/mol. The van der Waals surface area contributed by atoms with Gasteiger partial charge >= 0.3 is 0 Å². The number of sulfonamides is 1. The molecule has 2 unspecified atom stereocenters. The molecule has 0 saturated heterocycles.